The Labute approximate surface area is 104 Å². The van der Waals surface area contributed by atoms with Crippen LogP contribution in [-0.4, -0.2) is 4.98 Å². The number of hydrogen-bond donors (Lipinski definition) is 0. The number of benzene rings is 1. The van der Waals surface area contributed by atoms with Gasteiger partial charge >= 0.3 is 0 Å². The number of aryl methyl sites for hydroxylation is 1. The van der Waals surface area contributed by atoms with Crippen LogP contribution in [-0.2, 0) is 0 Å². The Balaban J connectivity index is 2.08. The summed E-state index contributed by atoms with van der Waals surface area (Å²) in [7, 11) is 3.47. The van der Waals surface area contributed by atoms with Gasteiger partial charge in [0.1, 0.15) is 5.03 Å². The summed E-state index contributed by atoms with van der Waals surface area (Å²) in [6.45, 7) is 4.31. The van der Waals surface area contributed by atoms with E-state index in [0.717, 1.165) is 5.03 Å². The summed E-state index contributed by atoms with van der Waals surface area (Å²) < 4.78 is 0. The molecule has 82 valence electrons. The highest BCUT2D eigenvalue weighted by Crippen LogP contribution is 2.38. The van der Waals surface area contributed by atoms with Crippen molar-refractivity contribution in [3.8, 4) is 0 Å². The standard InChI is InChI=1S/C13H13NS2/c1-10-6-5-7-12(11(10)2)15-16-13-8-3-4-9-14-13/h3-9H,1-2H3. The van der Waals surface area contributed by atoms with Crippen LogP contribution in [0.2, 0.25) is 0 Å². The number of pyridine rings is 1. The van der Waals surface area contributed by atoms with Crippen LogP contribution in [0.3, 0.4) is 0 Å². The molecule has 0 spiro atoms. The Bertz CT molecular complexity index is 469. The molecular formula is C13H13NS2. The van der Waals surface area contributed by atoms with Gasteiger partial charge in [0.2, 0.25) is 0 Å². The number of nitrogens with zero attached hydrogens (tertiary/aromatic N) is 1. The van der Waals surface area contributed by atoms with Crippen molar-refractivity contribution in [3.05, 3.63) is 53.7 Å². The predicted octanol–water partition coefficient (Wildman–Crippen LogP) is 4.50. The molecule has 0 bridgehead atoms. The molecule has 0 atom stereocenters. The van der Waals surface area contributed by atoms with Crippen LogP contribution >= 0.6 is 21.6 Å². The quantitative estimate of drug-likeness (QED) is 0.741. The van der Waals surface area contributed by atoms with Gasteiger partial charge in [-0.05, 0) is 54.0 Å². The molecule has 0 N–H and O–H groups in total. The van der Waals surface area contributed by atoms with Gasteiger partial charge in [-0.15, -0.1) is 0 Å². The minimum atomic E-state index is 1.05. The molecule has 3 heteroatoms. The highest BCUT2D eigenvalue weighted by molar-refractivity contribution is 8.76. The smallest absolute Gasteiger partial charge is 0.107 e. The van der Waals surface area contributed by atoms with E-state index in [0.29, 0.717) is 0 Å². The third kappa shape index (κ3) is 2.80. The molecular weight excluding hydrogens is 234 g/mol. The van der Waals surface area contributed by atoms with Crippen LogP contribution in [0, 0.1) is 13.8 Å². The van der Waals surface area contributed by atoms with Crippen molar-refractivity contribution >= 4 is 21.6 Å². The van der Waals surface area contributed by atoms with E-state index in [1.54, 1.807) is 21.6 Å². The van der Waals surface area contributed by atoms with Gasteiger partial charge in [0, 0.05) is 11.1 Å². The lowest BCUT2D eigenvalue weighted by molar-refractivity contribution is 1.14. The molecule has 2 rings (SSSR count). The summed E-state index contributed by atoms with van der Waals surface area (Å²) in [5.74, 6) is 0. The monoisotopic (exact) mass is 247 g/mol. The minimum Gasteiger partial charge on any atom is -0.249 e. The topological polar surface area (TPSA) is 12.9 Å². The molecule has 1 aromatic carbocycles. The highest BCUT2D eigenvalue weighted by atomic mass is 33.1. The number of hydrogen-bond acceptors (Lipinski definition) is 3. The molecule has 0 unspecified atom stereocenters. The fraction of sp³-hybridized carbons (Fsp3) is 0.154. The molecule has 0 amide bonds. The van der Waals surface area contributed by atoms with E-state index in [2.05, 4.69) is 37.0 Å². The van der Waals surface area contributed by atoms with E-state index >= 15 is 0 Å². The SMILES string of the molecule is Cc1cccc(SSc2ccccn2)c1C. The van der Waals surface area contributed by atoms with Crippen molar-refractivity contribution in [2.45, 2.75) is 23.8 Å². The summed E-state index contributed by atoms with van der Waals surface area (Å²) in [4.78, 5) is 5.60. The van der Waals surface area contributed by atoms with Crippen LogP contribution < -0.4 is 0 Å². The minimum absolute atomic E-state index is 1.05. The van der Waals surface area contributed by atoms with Gasteiger partial charge in [-0.2, -0.15) is 0 Å². The summed E-state index contributed by atoms with van der Waals surface area (Å²) >= 11 is 0. The van der Waals surface area contributed by atoms with Crippen LogP contribution in [0.15, 0.2) is 52.5 Å². The largest absolute Gasteiger partial charge is 0.249 e. The van der Waals surface area contributed by atoms with E-state index < -0.39 is 0 Å². The molecule has 2 aromatic rings. The molecule has 0 aliphatic rings. The molecule has 16 heavy (non-hydrogen) atoms. The maximum Gasteiger partial charge on any atom is 0.107 e. The van der Waals surface area contributed by atoms with E-state index in [-0.39, 0.29) is 0 Å². The molecule has 1 nitrogen and oxygen atoms in total. The molecule has 1 heterocycles. The van der Waals surface area contributed by atoms with Crippen LogP contribution in [0.4, 0.5) is 0 Å². The average molecular weight is 247 g/mol. The second kappa shape index (κ2) is 5.41. The third-order valence-corrected chi connectivity index (χ3v) is 4.83. The molecule has 1 aromatic heterocycles. The van der Waals surface area contributed by atoms with E-state index in [1.807, 2.05) is 24.4 Å². The highest BCUT2D eigenvalue weighted by Gasteiger charge is 2.02. The number of aromatic nitrogens is 1. The first-order valence-electron chi connectivity index (χ1n) is 5.09. The molecule has 0 saturated heterocycles. The maximum atomic E-state index is 4.29. The summed E-state index contributed by atoms with van der Waals surface area (Å²) in [5, 5.41) is 1.05. The Morgan fingerprint density at radius 1 is 0.938 bits per heavy atom. The van der Waals surface area contributed by atoms with Crippen LogP contribution in [0.5, 0.6) is 0 Å². The lowest BCUT2D eigenvalue weighted by Gasteiger charge is -2.06. The third-order valence-electron chi connectivity index (χ3n) is 2.41. The van der Waals surface area contributed by atoms with Gasteiger partial charge in [-0.1, -0.05) is 29.0 Å². The Morgan fingerprint density at radius 2 is 1.81 bits per heavy atom. The first-order chi connectivity index (χ1) is 7.77. The predicted molar refractivity (Wildman–Crippen MR) is 71.9 cm³/mol. The lowest BCUT2D eigenvalue weighted by Crippen LogP contribution is -1.82. The zero-order chi connectivity index (χ0) is 11.4. The van der Waals surface area contributed by atoms with Gasteiger partial charge < -0.3 is 0 Å². The summed E-state index contributed by atoms with van der Waals surface area (Å²) in [6.07, 6.45) is 1.83. The molecule has 0 saturated carbocycles. The fourth-order valence-corrected chi connectivity index (χ4v) is 3.49. The fourth-order valence-electron chi connectivity index (χ4n) is 1.30. The van der Waals surface area contributed by atoms with Crippen molar-refractivity contribution in [2.24, 2.45) is 0 Å². The van der Waals surface area contributed by atoms with Crippen molar-refractivity contribution in [1.29, 1.82) is 0 Å². The molecule has 0 fully saturated rings. The van der Waals surface area contributed by atoms with Gasteiger partial charge in [0.05, 0.1) is 0 Å². The number of rotatable bonds is 3. The Kier molecular flexibility index (Phi) is 3.91. The van der Waals surface area contributed by atoms with Crippen molar-refractivity contribution in [3.63, 3.8) is 0 Å². The second-order valence-corrected chi connectivity index (χ2v) is 5.72. The molecule has 0 aliphatic heterocycles. The van der Waals surface area contributed by atoms with E-state index in [1.165, 1.54) is 16.0 Å². The van der Waals surface area contributed by atoms with Gasteiger partial charge in [0.15, 0.2) is 0 Å². The van der Waals surface area contributed by atoms with E-state index in [9.17, 15) is 0 Å². The van der Waals surface area contributed by atoms with Crippen LogP contribution in [0.1, 0.15) is 11.1 Å². The van der Waals surface area contributed by atoms with Gasteiger partial charge in [-0.25, -0.2) is 4.98 Å². The first kappa shape index (κ1) is 11.6. The van der Waals surface area contributed by atoms with E-state index in [4.69, 9.17) is 0 Å². The molecule has 0 aliphatic carbocycles. The average Bonchev–Trinajstić information content (AvgIpc) is 2.32. The first-order valence-corrected chi connectivity index (χ1v) is 7.24. The summed E-state index contributed by atoms with van der Waals surface area (Å²) in [6, 6.07) is 12.4. The maximum absolute atomic E-state index is 4.29. The van der Waals surface area contributed by atoms with Crippen molar-refractivity contribution < 1.29 is 0 Å². The van der Waals surface area contributed by atoms with Gasteiger partial charge in [-0.3, -0.25) is 0 Å². The van der Waals surface area contributed by atoms with Crippen LogP contribution in [0.25, 0.3) is 0 Å². The summed E-state index contributed by atoms with van der Waals surface area (Å²) in [5.41, 5.74) is 2.70. The normalized spacial score (nSPS) is 10.4. The second-order valence-electron chi connectivity index (χ2n) is 3.53. The Hall–Kier alpha value is -0.930. The Morgan fingerprint density at radius 3 is 2.56 bits per heavy atom. The van der Waals surface area contributed by atoms with Gasteiger partial charge in [0.25, 0.3) is 0 Å². The lowest BCUT2D eigenvalue weighted by atomic mass is 10.1. The van der Waals surface area contributed by atoms with Crippen molar-refractivity contribution in [1.82, 2.24) is 4.98 Å². The zero-order valence-electron chi connectivity index (χ0n) is 9.31. The zero-order valence-corrected chi connectivity index (χ0v) is 10.9. The molecule has 0 radical (unpaired) electrons. The van der Waals surface area contributed by atoms with Crippen molar-refractivity contribution in [2.75, 3.05) is 0 Å².